The average Bonchev–Trinajstić information content (AvgIpc) is 2.50. The number of para-hydroxylation sites is 1. The SMILES string of the molecule is Cc1ccc(Nc2cc(C)nc(Nc3ccccc3)n2)c(C)c1. The van der Waals surface area contributed by atoms with Crippen LogP contribution >= 0.6 is 0 Å². The van der Waals surface area contributed by atoms with Crippen LogP contribution in [0.15, 0.2) is 54.6 Å². The molecule has 0 radical (unpaired) electrons. The van der Waals surface area contributed by atoms with Gasteiger partial charge in [-0.2, -0.15) is 4.98 Å². The fraction of sp³-hybridized carbons (Fsp3) is 0.158. The van der Waals surface area contributed by atoms with E-state index in [2.05, 4.69) is 52.6 Å². The number of aryl methyl sites for hydroxylation is 3. The van der Waals surface area contributed by atoms with Crippen LogP contribution in [0.4, 0.5) is 23.1 Å². The van der Waals surface area contributed by atoms with Gasteiger partial charge in [0, 0.05) is 23.1 Å². The molecule has 3 aromatic rings. The smallest absolute Gasteiger partial charge is 0.229 e. The zero-order valence-electron chi connectivity index (χ0n) is 13.6. The highest BCUT2D eigenvalue weighted by Crippen LogP contribution is 2.22. The molecule has 0 atom stereocenters. The third-order valence-corrected chi connectivity index (χ3v) is 3.53. The van der Waals surface area contributed by atoms with E-state index in [4.69, 9.17) is 0 Å². The average molecular weight is 304 g/mol. The molecule has 1 aromatic heterocycles. The first-order valence-electron chi connectivity index (χ1n) is 7.62. The summed E-state index contributed by atoms with van der Waals surface area (Å²) in [5.74, 6) is 1.37. The van der Waals surface area contributed by atoms with Crippen molar-refractivity contribution in [2.45, 2.75) is 20.8 Å². The number of benzene rings is 2. The third kappa shape index (κ3) is 3.86. The summed E-state index contributed by atoms with van der Waals surface area (Å²) in [5, 5.41) is 6.61. The minimum atomic E-state index is 0.587. The monoisotopic (exact) mass is 304 g/mol. The number of rotatable bonds is 4. The quantitative estimate of drug-likeness (QED) is 0.720. The summed E-state index contributed by atoms with van der Waals surface area (Å²) in [6.07, 6.45) is 0. The lowest BCUT2D eigenvalue weighted by Crippen LogP contribution is -2.03. The molecule has 0 saturated heterocycles. The first kappa shape index (κ1) is 15.0. The van der Waals surface area contributed by atoms with Crippen molar-refractivity contribution in [1.29, 1.82) is 0 Å². The fourth-order valence-electron chi connectivity index (χ4n) is 2.43. The Balaban J connectivity index is 1.85. The van der Waals surface area contributed by atoms with Gasteiger partial charge in [-0.1, -0.05) is 35.9 Å². The molecular weight excluding hydrogens is 284 g/mol. The fourth-order valence-corrected chi connectivity index (χ4v) is 2.43. The Hall–Kier alpha value is -2.88. The van der Waals surface area contributed by atoms with Crippen molar-refractivity contribution in [2.75, 3.05) is 10.6 Å². The third-order valence-electron chi connectivity index (χ3n) is 3.53. The molecule has 0 spiro atoms. The number of nitrogens with zero attached hydrogens (tertiary/aromatic N) is 2. The maximum atomic E-state index is 4.55. The molecule has 1 heterocycles. The molecule has 0 unspecified atom stereocenters. The molecule has 0 aliphatic heterocycles. The maximum Gasteiger partial charge on any atom is 0.229 e. The van der Waals surface area contributed by atoms with Crippen LogP contribution in [-0.4, -0.2) is 9.97 Å². The van der Waals surface area contributed by atoms with E-state index >= 15 is 0 Å². The molecule has 3 rings (SSSR count). The van der Waals surface area contributed by atoms with Crippen molar-refractivity contribution in [2.24, 2.45) is 0 Å². The van der Waals surface area contributed by atoms with Gasteiger partial charge < -0.3 is 10.6 Å². The Kier molecular flexibility index (Phi) is 4.24. The predicted octanol–water partition coefficient (Wildman–Crippen LogP) is 4.89. The Morgan fingerprint density at radius 1 is 0.783 bits per heavy atom. The lowest BCUT2D eigenvalue weighted by atomic mass is 10.1. The van der Waals surface area contributed by atoms with Crippen LogP contribution in [0.2, 0.25) is 0 Å². The van der Waals surface area contributed by atoms with Crippen molar-refractivity contribution in [3.63, 3.8) is 0 Å². The molecule has 0 aliphatic carbocycles. The van der Waals surface area contributed by atoms with Gasteiger partial charge in [0.15, 0.2) is 0 Å². The van der Waals surface area contributed by atoms with Gasteiger partial charge in [0.05, 0.1) is 0 Å². The summed E-state index contributed by atoms with van der Waals surface area (Å²) in [7, 11) is 0. The van der Waals surface area contributed by atoms with Crippen molar-refractivity contribution in [3.05, 3.63) is 71.4 Å². The molecule has 0 saturated carbocycles. The van der Waals surface area contributed by atoms with Crippen molar-refractivity contribution >= 4 is 23.1 Å². The van der Waals surface area contributed by atoms with Crippen molar-refractivity contribution in [1.82, 2.24) is 9.97 Å². The minimum Gasteiger partial charge on any atom is -0.340 e. The number of hydrogen-bond donors (Lipinski definition) is 2. The zero-order valence-corrected chi connectivity index (χ0v) is 13.6. The molecule has 4 heteroatoms. The van der Waals surface area contributed by atoms with Crippen molar-refractivity contribution < 1.29 is 0 Å². The van der Waals surface area contributed by atoms with E-state index in [1.54, 1.807) is 0 Å². The highest BCUT2D eigenvalue weighted by Gasteiger charge is 2.05. The van der Waals surface area contributed by atoms with E-state index in [1.807, 2.05) is 43.3 Å². The lowest BCUT2D eigenvalue weighted by molar-refractivity contribution is 1.11. The Bertz CT molecular complexity index is 813. The highest BCUT2D eigenvalue weighted by molar-refractivity contribution is 5.63. The van der Waals surface area contributed by atoms with Gasteiger partial charge in [-0.05, 0) is 44.5 Å². The topological polar surface area (TPSA) is 49.8 Å². The van der Waals surface area contributed by atoms with Gasteiger partial charge >= 0.3 is 0 Å². The van der Waals surface area contributed by atoms with E-state index in [9.17, 15) is 0 Å². The molecule has 23 heavy (non-hydrogen) atoms. The van der Waals surface area contributed by atoms with Crippen LogP contribution < -0.4 is 10.6 Å². The Labute approximate surface area is 136 Å². The predicted molar refractivity (Wildman–Crippen MR) is 95.7 cm³/mol. The molecule has 0 fully saturated rings. The van der Waals surface area contributed by atoms with Crippen molar-refractivity contribution in [3.8, 4) is 0 Å². The highest BCUT2D eigenvalue weighted by atomic mass is 15.1. The largest absolute Gasteiger partial charge is 0.340 e. The van der Waals surface area contributed by atoms with Crippen LogP contribution in [0.5, 0.6) is 0 Å². The Morgan fingerprint density at radius 2 is 1.57 bits per heavy atom. The van der Waals surface area contributed by atoms with E-state index in [1.165, 1.54) is 11.1 Å². The van der Waals surface area contributed by atoms with E-state index < -0.39 is 0 Å². The van der Waals surface area contributed by atoms with Crippen LogP contribution in [0, 0.1) is 20.8 Å². The first-order valence-corrected chi connectivity index (χ1v) is 7.62. The summed E-state index contributed by atoms with van der Waals surface area (Å²) in [6, 6.07) is 18.2. The van der Waals surface area contributed by atoms with Gasteiger partial charge in [0.25, 0.3) is 0 Å². The van der Waals surface area contributed by atoms with E-state index in [0.29, 0.717) is 5.95 Å². The second kappa shape index (κ2) is 6.48. The minimum absolute atomic E-state index is 0.587. The Morgan fingerprint density at radius 3 is 2.30 bits per heavy atom. The van der Waals surface area contributed by atoms with Crippen LogP contribution in [-0.2, 0) is 0 Å². The number of aromatic nitrogens is 2. The van der Waals surface area contributed by atoms with Gasteiger partial charge in [-0.25, -0.2) is 4.98 Å². The molecule has 116 valence electrons. The number of hydrogen-bond acceptors (Lipinski definition) is 4. The second-order valence-corrected chi connectivity index (χ2v) is 5.65. The lowest BCUT2D eigenvalue weighted by Gasteiger charge is -2.12. The molecule has 0 amide bonds. The summed E-state index contributed by atoms with van der Waals surface area (Å²) in [5.41, 5.74) is 5.37. The van der Waals surface area contributed by atoms with Crippen LogP contribution in [0.1, 0.15) is 16.8 Å². The van der Waals surface area contributed by atoms with Crippen LogP contribution in [0.3, 0.4) is 0 Å². The molecule has 2 N–H and O–H groups in total. The molecule has 4 nitrogen and oxygen atoms in total. The number of anilines is 4. The van der Waals surface area contributed by atoms with E-state index in [0.717, 1.165) is 22.9 Å². The van der Waals surface area contributed by atoms with Crippen LogP contribution in [0.25, 0.3) is 0 Å². The molecule has 0 bridgehead atoms. The zero-order chi connectivity index (χ0) is 16.2. The summed E-state index contributed by atoms with van der Waals surface area (Å²) in [4.78, 5) is 9.00. The maximum absolute atomic E-state index is 4.55. The second-order valence-electron chi connectivity index (χ2n) is 5.65. The standard InChI is InChI=1S/C19H20N4/c1-13-9-10-17(14(2)11-13)22-18-12-15(3)20-19(23-18)21-16-7-5-4-6-8-16/h4-12H,1-3H3,(H2,20,21,22,23). The molecule has 2 aromatic carbocycles. The molecule has 0 aliphatic rings. The summed E-state index contributed by atoms with van der Waals surface area (Å²) < 4.78 is 0. The summed E-state index contributed by atoms with van der Waals surface area (Å²) >= 11 is 0. The van der Waals surface area contributed by atoms with E-state index in [-0.39, 0.29) is 0 Å². The van der Waals surface area contributed by atoms with Gasteiger partial charge in [-0.15, -0.1) is 0 Å². The van der Waals surface area contributed by atoms with Gasteiger partial charge in [0.2, 0.25) is 5.95 Å². The number of nitrogens with one attached hydrogen (secondary N) is 2. The molecular formula is C19H20N4. The van der Waals surface area contributed by atoms with Gasteiger partial charge in [-0.3, -0.25) is 0 Å². The van der Waals surface area contributed by atoms with Gasteiger partial charge in [0.1, 0.15) is 5.82 Å². The normalized spacial score (nSPS) is 10.4. The summed E-state index contributed by atoms with van der Waals surface area (Å²) in [6.45, 7) is 6.14. The first-order chi connectivity index (χ1) is 11.1.